The smallest absolute Gasteiger partial charge is 0.337 e. The number of rotatable bonds is 7. The zero-order valence-electron chi connectivity index (χ0n) is 21.6. The van der Waals surface area contributed by atoms with Gasteiger partial charge in [0.25, 0.3) is 0 Å². The molecule has 2 heterocycles. The molecule has 0 saturated carbocycles. The molecule has 204 valence electrons. The molecule has 0 spiro atoms. The highest BCUT2D eigenvalue weighted by molar-refractivity contribution is 6.41. The van der Waals surface area contributed by atoms with Gasteiger partial charge in [-0.15, -0.1) is 0 Å². The van der Waals surface area contributed by atoms with Crippen molar-refractivity contribution in [2.45, 2.75) is 32.5 Å². The van der Waals surface area contributed by atoms with Gasteiger partial charge >= 0.3 is 12.0 Å². The maximum atomic E-state index is 13.3. The number of amides is 2. The van der Waals surface area contributed by atoms with Crippen molar-refractivity contribution in [3.05, 3.63) is 80.3 Å². The number of carbonyl (C=O) groups excluding carboxylic acids is 2. The van der Waals surface area contributed by atoms with Crippen LogP contribution < -0.4 is 20.9 Å². The number of anilines is 2. The van der Waals surface area contributed by atoms with E-state index < -0.39 is 5.97 Å². The van der Waals surface area contributed by atoms with E-state index in [0.29, 0.717) is 35.8 Å². The Labute approximate surface area is 242 Å². The molecule has 7 nitrogen and oxygen atoms in total. The Kier molecular flexibility index (Phi) is 8.35. The summed E-state index contributed by atoms with van der Waals surface area (Å²) in [6, 6.07) is 14.7. The fraction of sp³-hybridized carbons (Fsp3) is 0.310. The van der Waals surface area contributed by atoms with E-state index >= 15 is 0 Å². The number of esters is 1. The first-order chi connectivity index (χ1) is 18.8. The molecule has 5 rings (SSSR count). The van der Waals surface area contributed by atoms with Crippen molar-refractivity contribution in [1.29, 1.82) is 0 Å². The lowest BCUT2D eigenvalue weighted by molar-refractivity contribution is 0.0600. The third-order valence-electron chi connectivity index (χ3n) is 7.13. The number of nitrogens with zero attached hydrogens (tertiary/aromatic N) is 1. The van der Waals surface area contributed by atoms with Crippen LogP contribution in [0.15, 0.2) is 48.5 Å². The number of ether oxygens (including phenoxy) is 1. The molecule has 3 aromatic rings. The third-order valence-corrected chi connectivity index (χ3v) is 8.04. The average molecular weight is 588 g/mol. The van der Waals surface area contributed by atoms with Gasteiger partial charge in [-0.05, 0) is 60.3 Å². The summed E-state index contributed by atoms with van der Waals surface area (Å²) < 4.78 is 4.81. The molecule has 1 fully saturated rings. The minimum Gasteiger partial charge on any atom is -0.465 e. The minimum atomic E-state index is -0.575. The highest BCUT2D eigenvalue weighted by atomic mass is 35.5. The molecule has 0 aromatic heterocycles. The topological polar surface area (TPSA) is 82.7 Å². The van der Waals surface area contributed by atoms with Gasteiger partial charge in [0, 0.05) is 41.8 Å². The van der Waals surface area contributed by atoms with Crippen LogP contribution in [0.25, 0.3) is 11.1 Å². The molecule has 2 aliphatic rings. The number of hydrogen-bond donors (Lipinski definition) is 3. The molecular formula is C29H29Cl3N4O3. The number of urea groups is 1. The largest absolute Gasteiger partial charge is 0.465 e. The van der Waals surface area contributed by atoms with Gasteiger partial charge in [0.15, 0.2) is 0 Å². The zero-order valence-corrected chi connectivity index (χ0v) is 23.9. The minimum absolute atomic E-state index is 0.148. The second-order valence-corrected chi connectivity index (χ2v) is 11.2. The van der Waals surface area contributed by atoms with E-state index in [4.69, 9.17) is 39.5 Å². The van der Waals surface area contributed by atoms with E-state index in [-0.39, 0.29) is 27.3 Å². The van der Waals surface area contributed by atoms with E-state index in [0.717, 1.165) is 41.8 Å². The molecule has 2 amide bonds. The first kappa shape index (κ1) is 27.7. The maximum absolute atomic E-state index is 13.3. The van der Waals surface area contributed by atoms with E-state index in [1.54, 1.807) is 0 Å². The lowest BCUT2D eigenvalue weighted by atomic mass is 9.93. The molecule has 39 heavy (non-hydrogen) atoms. The number of halogens is 3. The first-order valence-corrected chi connectivity index (χ1v) is 13.9. The quantitative estimate of drug-likeness (QED) is 0.273. The lowest BCUT2D eigenvalue weighted by Gasteiger charge is -2.33. The summed E-state index contributed by atoms with van der Waals surface area (Å²) in [5, 5.41) is 10.9. The molecule has 1 saturated heterocycles. The first-order valence-electron chi connectivity index (χ1n) is 12.8. The maximum Gasteiger partial charge on any atom is 0.337 e. The second kappa shape index (κ2) is 11.7. The molecule has 0 bridgehead atoms. The van der Waals surface area contributed by atoms with Gasteiger partial charge in [0.05, 0.1) is 34.1 Å². The molecule has 3 aromatic carbocycles. The Balaban J connectivity index is 1.59. The van der Waals surface area contributed by atoms with Crippen LogP contribution >= 0.6 is 34.8 Å². The average Bonchev–Trinajstić information content (AvgIpc) is 3.33. The molecule has 10 heteroatoms. The zero-order chi connectivity index (χ0) is 27.7. The van der Waals surface area contributed by atoms with Crippen molar-refractivity contribution in [3.63, 3.8) is 0 Å². The number of benzene rings is 3. The monoisotopic (exact) mass is 586 g/mol. The molecule has 2 aliphatic heterocycles. The fourth-order valence-electron chi connectivity index (χ4n) is 5.28. The van der Waals surface area contributed by atoms with Crippen LogP contribution in [0.4, 0.5) is 16.2 Å². The number of hydrogen-bond acceptors (Lipinski definition) is 5. The van der Waals surface area contributed by atoms with Gasteiger partial charge in [-0.25, -0.2) is 9.59 Å². The Morgan fingerprint density at radius 1 is 1.08 bits per heavy atom. The van der Waals surface area contributed by atoms with Crippen molar-refractivity contribution in [1.82, 2.24) is 16.0 Å². The van der Waals surface area contributed by atoms with E-state index in [9.17, 15) is 9.59 Å². The van der Waals surface area contributed by atoms with Crippen molar-refractivity contribution >= 4 is 58.2 Å². The van der Waals surface area contributed by atoms with E-state index in [2.05, 4.69) is 28.9 Å². The molecule has 2 unspecified atom stereocenters. The molecule has 0 aliphatic carbocycles. The lowest BCUT2D eigenvalue weighted by Crippen LogP contribution is -2.42. The number of carbonyl (C=O) groups is 2. The van der Waals surface area contributed by atoms with E-state index in [1.165, 1.54) is 24.1 Å². The van der Waals surface area contributed by atoms with Gasteiger partial charge in [-0.3, -0.25) is 4.90 Å². The number of nitrogens with one attached hydrogen (secondary N) is 3. The van der Waals surface area contributed by atoms with Gasteiger partial charge < -0.3 is 20.7 Å². The molecule has 0 radical (unpaired) electrons. The van der Waals surface area contributed by atoms with Crippen LogP contribution in [0.3, 0.4) is 0 Å². The van der Waals surface area contributed by atoms with Crippen molar-refractivity contribution in [2.75, 3.05) is 25.1 Å². The van der Waals surface area contributed by atoms with Gasteiger partial charge in [0.1, 0.15) is 0 Å². The summed E-state index contributed by atoms with van der Waals surface area (Å²) in [5.41, 5.74) is 4.75. The SMILES string of the molecule is COC(=O)c1cc(Cl)c(N2C(=O)NCc3c(-c4ccccc4Cl)cc(CNCC4CC(C)CN4)cc32)c(Cl)c1. The predicted octanol–water partition coefficient (Wildman–Crippen LogP) is 6.55. The normalized spacial score (nSPS) is 18.6. The van der Waals surface area contributed by atoms with Crippen LogP contribution in [0, 0.1) is 5.92 Å². The Bertz CT molecular complexity index is 1410. The van der Waals surface area contributed by atoms with Gasteiger partial charge in [-0.2, -0.15) is 0 Å². The summed E-state index contributed by atoms with van der Waals surface area (Å²) in [4.78, 5) is 26.9. The third kappa shape index (κ3) is 5.74. The van der Waals surface area contributed by atoms with Crippen molar-refractivity contribution in [3.8, 4) is 11.1 Å². The van der Waals surface area contributed by atoms with Crippen molar-refractivity contribution < 1.29 is 14.3 Å². The summed E-state index contributed by atoms with van der Waals surface area (Å²) >= 11 is 19.9. The van der Waals surface area contributed by atoms with Gasteiger partial charge in [0.2, 0.25) is 0 Å². The Morgan fingerprint density at radius 3 is 2.49 bits per heavy atom. The number of methoxy groups -OCH3 is 1. The summed E-state index contributed by atoms with van der Waals surface area (Å²) in [6.07, 6.45) is 1.13. The summed E-state index contributed by atoms with van der Waals surface area (Å²) in [7, 11) is 1.28. The van der Waals surface area contributed by atoms with Crippen molar-refractivity contribution in [2.24, 2.45) is 5.92 Å². The highest BCUT2D eigenvalue weighted by Crippen LogP contribution is 2.45. The predicted molar refractivity (Wildman–Crippen MR) is 156 cm³/mol. The molecule has 2 atom stereocenters. The van der Waals surface area contributed by atoms with Crippen LogP contribution in [-0.2, 0) is 17.8 Å². The van der Waals surface area contributed by atoms with Crippen LogP contribution in [0.1, 0.15) is 34.8 Å². The van der Waals surface area contributed by atoms with E-state index in [1.807, 2.05) is 30.3 Å². The molecule has 3 N–H and O–H groups in total. The van der Waals surface area contributed by atoms with Crippen LogP contribution in [-0.4, -0.2) is 38.2 Å². The van der Waals surface area contributed by atoms with Crippen LogP contribution in [0.2, 0.25) is 15.1 Å². The highest BCUT2D eigenvalue weighted by Gasteiger charge is 2.32. The standard InChI is InChI=1S/C29H29Cl3N4O3/c1-16-7-19(34-12-16)14-33-13-17-8-21(20-5-3-4-6-23(20)30)22-15-35-29(38)36(26(22)9-17)27-24(31)10-18(11-25(27)32)28(37)39-2/h3-6,8-11,16,19,33-34H,7,12-15H2,1-2H3,(H,35,38). The summed E-state index contributed by atoms with van der Waals surface area (Å²) in [6.45, 7) is 5.01. The fourth-order valence-corrected chi connectivity index (χ4v) is 6.17. The van der Waals surface area contributed by atoms with Crippen LogP contribution in [0.5, 0.6) is 0 Å². The summed E-state index contributed by atoms with van der Waals surface area (Å²) in [5.74, 6) is 0.0915. The Hall–Kier alpha value is -2.81. The molecular weight excluding hydrogens is 559 g/mol. The Morgan fingerprint density at radius 2 is 1.82 bits per heavy atom. The number of fused-ring (bicyclic) bond motifs is 1. The van der Waals surface area contributed by atoms with Gasteiger partial charge in [-0.1, -0.05) is 59.9 Å². The second-order valence-electron chi connectivity index (χ2n) is 9.97.